The summed E-state index contributed by atoms with van der Waals surface area (Å²) in [5.74, 6) is 0.867. The molecule has 8 nitrogen and oxygen atoms in total. The molecule has 0 aliphatic heterocycles. The summed E-state index contributed by atoms with van der Waals surface area (Å²) in [5, 5.41) is 4.92. The molecule has 9 heteroatoms. The van der Waals surface area contributed by atoms with Gasteiger partial charge in [0.05, 0.1) is 12.2 Å². The van der Waals surface area contributed by atoms with E-state index in [1.807, 2.05) is 18.2 Å². The Balaban J connectivity index is 0.000000461. The number of para-hydroxylation sites is 1. The third-order valence-electron chi connectivity index (χ3n) is 5.00. The molecule has 0 radical (unpaired) electrons. The maximum atomic E-state index is 8.49. The van der Waals surface area contributed by atoms with Crippen molar-refractivity contribution < 1.29 is 38.3 Å². The Labute approximate surface area is 177 Å². The van der Waals surface area contributed by atoms with Crippen LogP contribution >= 0.6 is 0 Å². The average molecular weight is 434 g/mol. The SMILES string of the molecule is COc1ccc(-c2c[n+](C3CCCCC3)n(-c3ccccc3)n2)cc1.[O-][Cl+3]([O-])([O-])[O-]. The summed E-state index contributed by atoms with van der Waals surface area (Å²) >= 11 is 0. The summed E-state index contributed by atoms with van der Waals surface area (Å²) < 4.78 is 41.6. The Morgan fingerprint density at radius 2 is 1.53 bits per heavy atom. The maximum absolute atomic E-state index is 8.49. The molecule has 0 saturated heterocycles. The highest BCUT2D eigenvalue weighted by atomic mass is 35.7. The summed E-state index contributed by atoms with van der Waals surface area (Å²) in [6.45, 7) is 0. The van der Waals surface area contributed by atoms with Crippen LogP contribution in [0, 0.1) is 10.2 Å². The van der Waals surface area contributed by atoms with Gasteiger partial charge in [0.2, 0.25) is 5.69 Å². The van der Waals surface area contributed by atoms with Crippen LogP contribution in [0.25, 0.3) is 16.9 Å². The van der Waals surface area contributed by atoms with Crippen molar-refractivity contribution in [2.75, 3.05) is 7.11 Å². The summed E-state index contributed by atoms with van der Waals surface area (Å²) in [6, 6.07) is 19.0. The van der Waals surface area contributed by atoms with E-state index < -0.39 is 10.2 Å². The van der Waals surface area contributed by atoms with Gasteiger partial charge in [-0.15, -0.1) is 10.2 Å². The first kappa shape index (κ1) is 22.2. The van der Waals surface area contributed by atoms with E-state index in [1.165, 1.54) is 32.1 Å². The minimum absolute atomic E-state index is 0.522. The second-order valence-electron chi connectivity index (χ2n) is 7.02. The van der Waals surface area contributed by atoms with Crippen LogP contribution in [-0.2, 0) is 0 Å². The molecule has 1 heterocycles. The quantitative estimate of drug-likeness (QED) is 0.515. The first-order valence-corrected chi connectivity index (χ1v) is 10.9. The molecular formula is C21H24ClN3O5. The van der Waals surface area contributed by atoms with Gasteiger partial charge in [0.1, 0.15) is 17.5 Å². The zero-order chi connectivity index (χ0) is 21.6. The molecule has 0 unspecified atom stereocenters. The van der Waals surface area contributed by atoms with Gasteiger partial charge < -0.3 is 4.74 Å². The highest BCUT2D eigenvalue weighted by Gasteiger charge is 2.27. The number of ether oxygens (including phenoxy) is 1. The minimum atomic E-state index is -4.94. The number of rotatable bonds is 4. The highest BCUT2D eigenvalue weighted by Crippen LogP contribution is 2.26. The standard InChI is InChI=1S/C21H24N3O.ClHO4/c1-25-20-14-12-17(13-15-20)21-16-23(18-8-4-2-5-9-18)24(22-21)19-10-6-3-7-11-19;2-1(3,4)5/h3,6-7,10-16,18H,2,4-5,8-9H2,1H3;(H,2,3,4,5)/q+1;/p-1. The molecule has 0 bridgehead atoms. The van der Waals surface area contributed by atoms with Crippen molar-refractivity contribution in [3.63, 3.8) is 0 Å². The zero-order valence-corrected chi connectivity index (χ0v) is 17.4. The highest BCUT2D eigenvalue weighted by molar-refractivity contribution is 5.58. The monoisotopic (exact) mass is 433 g/mol. The number of hydrogen-bond acceptors (Lipinski definition) is 6. The molecule has 30 heavy (non-hydrogen) atoms. The van der Waals surface area contributed by atoms with E-state index in [-0.39, 0.29) is 0 Å². The summed E-state index contributed by atoms with van der Waals surface area (Å²) in [6.07, 6.45) is 8.61. The molecule has 1 fully saturated rings. The van der Waals surface area contributed by atoms with Crippen molar-refractivity contribution in [1.29, 1.82) is 0 Å². The maximum Gasteiger partial charge on any atom is 0.249 e. The Morgan fingerprint density at radius 1 is 0.933 bits per heavy atom. The third kappa shape index (κ3) is 6.25. The number of nitrogens with zero attached hydrogens (tertiary/aromatic N) is 3. The van der Waals surface area contributed by atoms with Gasteiger partial charge in [-0.25, -0.2) is 18.6 Å². The van der Waals surface area contributed by atoms with E-state index >= 15 is 0 Å². The Bertz CT molecular complexity index is 914. The largest absolute Gasteiger partial charge is 0.497 e. The fraction of sp³-hybridized carbons (Fsp3) is 0.333. The molecule has 2 aromatic carbocycles. The van der Waals surface area contributed by atoms with Crippen molar-refractivity contribution in [3.05, 3.63) is 60.8 Å². The molecule has 0 spiro atoms. The van der Waals surface area contributed by atoms with Crippen LogP contribution in [0.15, 0.2) is 60.8 Å². The summed E-state index contributed by atoms with van der Waals surface area (Å²) in [4.78, 5) is 2.07. The Morgan fingerprint density at radius 3 is 2.10 bits per heavy atom. The molecule has 1 aliphatic rings. The van der Waals surface area contributed by atoms with Crippen molar-refractivity contribution in [1.82, 2.24) is 9.90 Å². The van der Waals surface area contributed by atoms with Crippen LogP contribution < -0.4 is 28.1 Å². The van der Waals surface area contributed by atoms with Gasteiger partial charge in [-0.05, 0) is 66.9 Å². The van der Waals surface area contributed by atoms with Crippen LogP contribution in [0.1, 0.15) is 38.1 Å². The fourth-order valence-electron chi connectivity index (χ4n) is 3.61. The van der Waals surface area contributed by atoms with Gasteiger partial charge in [0.15, 0.2) is 6.20 Å². The van der Waals surface area contributed by atoms with Crippen LogP contribution in [-0.4, -0.2) is 17.0 Å². The van der Waals surface area contributed by atoms with Crippen LogP contribution in [0.2, 0.25) is 0 Å². The van der Waals surface area contributed by atoms with Crippen molar-refractivity contribution in [3.8, 4) is 22.7 Å². The number of benzene rings is 2. The number of halogens is 1. The van der Waals surface area contributed by atoms with Crippen LogP contribution in [0.5, 0.6) is 5.75 Å². The molecular weight excluding hydrogens is 410 g/mol. The number of methoxy groups -OCH3 is 1. The Kier molecular flexibility index (Phi) is 7.41. The van der Waals surface area contributed by atoms with Crippen molar-refractivity contribution >= 4 is 0 Å². The number of aromatic nitrogens is 3. The first-order valence-electron chi connectivity index (χ1n) is 9.68. The van der Waals surface area contributed by atoms with E-state index in [9.17, 15) is 0 Å². The first-order chi connectivity index (χ1) is 14.3. The molecule has 3 aromatic rings. The molecule has 160 valence electrons. The smallest absolute Gasteiger partial charge is 0.249 e. The normalized spacial score (nSPS) is 14.7. The molecule has 1 aliphatic carbocycles. The predicted molar refractivity (Wildman–Crippen MR) is 97.9 cm³/mol. The minimum Gasteiger partial charge on any atom is -0.497 e. The van der Waals surface area contributed by atoms with Crippen molar-refractivity contribution in [2.24, 2.45) is 0 Å². The van der Waals surface area contributed by atoms with Crippen LogP contribution in [0.4, 0.5) is 0 Å². The van der Waals surface area contributed by atoms with E-state index in [4.69, 9.17) is 28.5 Å². The lowest BCUT2D eigenvalue weighted by Crippen LogP contribution is -2.68. The molecule has 1 aromatic heterocycles. The van der Waals surface area contributed by atoms with Gasteiger partial charge >= 0.3 is 0 Å². The number of hydrogen-bond donors (Lipinski definition) is 0. The average Bonchev–Trinajstić information content (AvgIpc) is 3.19. The summed E-state index contributed by atoms with van der Waals surface area (Å²) in [7, 11) is -3.25. The molecule has 4 rings (SSSR count). The summed E-state index contributed by atoms with van der Waals surface area (Å²) in [5.41, 5.74) is 3.21. The van der Waals surface area contributed by atoms with Gasteiger partial charge in [-0.1, -0.05) is 24.6 Å². The Hall–Kier alpha value is -2.49. The van der Waals surface area contributed by atoms with Gasteiger partial charge in [-0.3, -0.25) is 0 Å². The van der Waals surface area contributed by atoms with Crippen LogP contribution in [0.3, 0.4) is 0 Å². The fourth-order valence-corrected chi connectivity index (χ4v) is 3.61. The van der Waals surface area contributed by atoms with E-state index in [0.29, 0.717) is 6.04 Å². The van der Waals surface area contributed by atoms with Gasteiger partial charge in [0.25, 0.3) is 0 Å². The second kappa shape index (κ2) is 10.0. The van der Waals surface area contributed by atoms with Gasteiger partial charge in [-0.2, -0.15) is 4.68 Å². The van der Waals surface area contributed by atoms with Crippen molar-refractivity contribution in [2.45, 2.75) is 38.1 Å². The van der Waals surface area contributed by atoms with E-state index in [0.717, 1.165) is 22.7 Å². The predicted octanol–water partition coefficient (Wildman–Crippen LogP) is -0.415. The lowest BCUT2D eigenvalue weighted by Gasteiger charge is -2.19. The van der Waals surface area contributed by atoms with E-state index in [2.05, 4.69) is 52.1 Å². The second-order valence-corrected chi connectivity index (χ2v) is 7.77. The lowest BCUT2D eigenvalue weighted by atomic mass is 9.96. The van der Waals surface area contributed by atoms with Gasteiger partial charge in [0, 0.05) is 5.56 Å². The molecule has 0 N–H and O–H groups in total. The molecule has 0 amide bonds. The lowest BCUT2D eigenvalue weighted by molar-refractivity contribution is -2.00. The van der Waals surface area contributed by atoms with E-state index in [1.54, 1.807) is 7.11 Å². The topological polar surface area (TPSA) is 123 Å². The third-order valence-corrected chi connectivity index (χ3v) is 5.00. The zero-order valence-electron chi connectivity index (χ0n) is 16.6. The molecule has 0 atom stereocenters. The molecule has 1 saturated carbocycles.